The summed E-state index contributed by atoms with van der Waals surface area (Å²) in [5.74, 6) is -0.158. The van der Waals surface area contributed by atoms with Crippen LogP contribution in [0.25, 0.3) is 0 Å². The summed E-state index contributed by atoms with van der Waals surface area (Å²) in [4.78, 5) is 37.4. The fraction of sp³-hybridized carbons (Fsp3) is 0.280. The van der Waals surface area contributed by atoms with Gasteiger partial charge in [-0.05, 0) is 45.9 Å². The van der Waals surface area contributed by atoms with E-state index in [1.54, 1.807) is 4.90 Å². The second-order valence-electron chi connectivity index (χ2n) is 8.41. The van der Waals surface area contributed by atoms with E-state index in [0.29, 0.717) is 32.0 Å². The number of carbonyl (C=O) groups is 2. The van der Waals surface area contributed by atoms with Crippen molar-refractivity contribution in [3.05, 3.63) is 80.1 Å². The summed E-state index contributed by atoms with van der Waals surface area (Å²) in [6.07, 6.45) is 0. The van der Waals surface area contributed by atoms with Gasteiger partial charge in [0.05, 0.1) is 6.54 Å². The Kier molecular flexibility index (Phi) is 8.94. The molecule has 0 atom stereocenters. The summed E-state index contributed by atoms with van der Waals surface area (Å²) >= 11 is 8.50. The Morgan fingerprint density at radius 2 is 1.81 bits per heavy atom. The highest BCUT2D eigenvalue weighted by molar-refractivity contribution is 14.1. The predicted molar refractivity (Wildman–Crippen MR) is 149 cm³/mol. The van der Waals surface area contributed by atoms with Crippen molar-refractivity contribution >= 4 is 57.6 Å². The van der Waals surface area contributed by atoms with Crippen LogP contribution in [0.15, 0.2) is 54.6 Å². The van der Waals surface area contributed by atoms with Gasteiger partial charge >= 0.3 is 0 Å². The topological polar surface area (TPSA) is 116 Å². The molecule has 0 bridgehead atoms. The molecule has 1 aromatic heterocycles. The SMILES string of the molecule is Nc1nc(NCc2ccc(I)cc2)c(Cl)nc1C(=O)NCCN1CCN(Cc2ccccc2)CC1=O. The molecule has 36 heavy (non-hydrogen) atoms. The minimum Gasteiger partial charge on any atom is -0.382 e. The van der Waals surface area contributed by atoms with Crippen LogP contribution in [-0.4, -0.2) is 64.3 Å². The van der Waals surface area contributed by atoms with Gasteiger partial charge in [-0.1, -0.05) is 54.1 Å². The first kappa shape index (κ1) is 26.1. The second-order valence-corrected chi connectivity index (χ2v) is 10.0. The van der Waals surface area contributed by atoms with E-state index in [-0.39, 0.29) is 29.1 Å². The standard InChI is InChI=1S/C25H27ClIN7O2/c26-22-24(30-14-17-6-8-19(27)9-7-17)32-23(28)21(31-22)25(36)29-10-11-34-13-12-33(16-20(34)35)15-18-4-2-1-3-5-18/h1-9H,10-16H2,(H,29,36)(H3,28,30,32). The average Bonchev–Trinajstić information content (AvgIpc) is 2.87. The zero-order valence-corrected chi connectivity index (χ0v) is 22.5. The Hall–Kier alpha value is -2.96. The van der Waals surface area contributed by atoms with Gasteiger partial charge in [-0.3, -0.25) is 14.5 Å². The van der Waals surface area contributed by atoms with Crippen molar-refractivity contribution < 1.29 is 9.59 Å². The highest BCUT2D eigenvalue weighted by Gasteiger charge is 2.24. The normalized spacial score (nSPS) is 14.1. The van der Waals surface area contributed by atoms with Crippen LogP contribution in [0.2, 0.25) is 5.15 Å². The first-order valence-electron chi connectivity index (χ1n) is 11.5. The molecule has 1 aliphatic heterocycles. The van der Waals surface area contributed by atoms with E-state index >= 15 is 0 Å². The maximum atomic E-state index is 12.6. The number of hydrogen-bond donors (Lipinski definition) is 3. The first-order valence-corrected chi connectivity index (χ1v) is 13.0. The van der Waals surface area contributed by atoms with Gasteiger partial charge in [0, 0.05) is 42.8 Å². The number of carbonyl (C=O) groups excluding carboxylic acids is 2. The third kappa shape index (κ3) is 7.05. The second kappa shape index (κ2) is 12.3. The van der Waals surface area contributed by atoms with Crippen LogP contribution in [0.5, 0.6) is 0 Å². The van der Waals surface area contributed by atoms with Crippen molar-refractivity contribution in [2.75, 3.05) is 43.8 Å². The number of benzene rings is 2. The molecule has 0 unspecified atom stereocenters. The molecule has 0 radical (unpaired) electrons. The molecule has 188 valence electrons. The Bertz CT molecular complexity index is 1210. The number of halogens is 2. The van der Waals surface area contributed by atoms with Gasteiger partial charge in [0.1, 0.15) is 0 Å². The quantitative estimate of drug-likeness (QED) is 0.316. The van der Waals surface area contributed by atoms with Gasteiger partial charge in [-0.25, -0.2) is 9.97 Å². The molecule has 11 heteroatoms. The molecule has 2 amide bonds. The Labute approximate surface area is 228 Å². The molecule has 0 saturated carbocycles. The van der Waals surface area contributed by atoms with E-state index < -0.39 is 5.91 Å². The van der Waals surface area contributed by atoms with Crippen LogP contribution in [-0.2, 0) is 17.9 Å². The lowest BCUT2D eigenvalue weighted by Gasteiger charge is -2.34. The average molecular weight is 620 g/mol. The molecule has 2 heterocycles. The Balaban J connectivity index is 1.25. The number of nitrogens with two attached hydrogens (primary N) is 1. The monoisotopic (exact) mass is 619 g/mol. The van der Waals surface area contributed by atoms with Crippen molar-refractivity contribution in [1.29, 1.82) is 0 Å². The molecule has 0 spiro atoms. The van der Waals surface area contributed by atoms with Crippen molar-refractivity contribution in [2.45, 2.75) is 13.1 Å². The van der Waals surface area contributed by atoms with Gasteiger partial charge in [0.2, 0.25) is 5.91 Å². The number of anilines is 2. The number of nitrogens with one attached hydrogen (secondary N) is 2. The number of rotatable bonds is 9. The summed E-state index contributed by atoms with van der Waals surface area (Å²) < 4.78 is 1.14. The van der Waals surface area contributed by atoms with Crippen molar-refractivity contribution in [2.24, 2.45) is 0 Å². The van der Waals surface area contributed by atoms with E-state index in [4.69, 9.17) is 17.3 Å². The lowest BCUT2D eigenvalue weighted by Crippen LogP contribution is -2.51. The van der Waals surface area contributed by atoms with Crippen LogP contribution >= 0.6 is 34.2 Å². The minimum atomic E-state index is -0.485. The molecule has 9 nitrogen and oxygen atoms in total. The van der Waals surface area contributed by atoms with Gasteiger partial charge in [-0.2, -0.15) is 0 Å². The molecule has 4 N–H and O–H groups in total. The third-order valence-electron chi connectivity index (χ3n) is 5.78. The zero-order chi connectivity index (χ0) is 25.5. The largest absolute Gasteiger partial charge is 0.382 e. The van der Waals surface area contributed by atoms with Gasteiger partial charge in [-0.15, -0.1) is 0 Å². The highest BCUT2D eigenvalue weighted by Crippen LogP contribution is 2.21. The summed E-state index contributed by atoms with van der Waals surface area (Å²) in [6.45, 7) is 3.65. The minimum absolute atomic E-state index is 0.0207. The van der Waals surface area contributed by atoms with Crippen LogP contribution in [0.3, 0.4) is 0 Å². The van der Waals surface area contributed by atoms with Crippen LogP contribution < -0.4 is 16.4 Å². The number of nitrogens with zero attached hydrogens (tertiary/aromatic N) is 4. The molecule has 4 rings (SSSR count). The first-order chi connectivity index (χ1) is 17.4. The Morgan fingerprint density at radius 1 is 1.06 bits per heavy atom. The summed E-state index contributed by atoms with van der Waals surface area (Å²) in [5.41, 5.74) is 8.17. The lowest BCUT2D eigenvalue weighted by atomic mass is 10.2. The molecule has 1 fully saturated rings. The van der Waals surface area contributed by atoms with Gasteiger partial charge in [0.15, 0.2) is 22.5 Å². The molecule has 1 saturated heterocycles. The molecule has 1 aliphatic rings. The van der Waals surface area contributed by atoms with Crippen LogP contribution in [0, 0.1) is 3.57 Å². The number of nitrogen functional groups attached to an aromatic ring is 1. The molecule has 3 aromatic rings. The smallest absolute Gasteiger partial charge is 0.273 e. The van der Waals surface area contributed by atoms with E-state index in [1.165, 1.54) is 5.56 Å². The summed E-state index contributed by atoms with van der Waals surface area (Å²) in [5, 5.41) is 5.92. The lowest BCUT2D eigenvalue weighted by molar-refractivity contribution is -0.136. The van der Waals surface area contributed by atoms with E-state index in [9.17, 15) is 9.59 Å². The zero-order valence-electron chi connectivity index (χ0n) is 19.6. The number of hydrogen-bond acceptors (Lipinski definition) is 7. The van der Waals surface area contributed by atoms with E-state index in [2.05, 4.69) is 60.2 Å². The molecule has 2 aromatic carbocycles. The van der Waals surface area contributed by atoms with Gasteiger partial charge in [0.25, 0.3) is 5.91 Å². The van der Waals surface area contributed by atoms with Crippen molar-refractivity contribution in [3.8, 4) is 0 Å². The van der Waals surface area contributed by atoms with Crippen molar-refractivity contribution in [1.82, 2.24) is 25.1 Å². The maximum Gasteiger partial charge on any atom is 0.273 e. The molecule has 0 aliphatic carbocycles. The molecular weight excluding hydrogens is 593 g/mol. The van der Waals surface area contributed by atoms with Crippen LogP contribution in [0.1, 0.15) is 21.6 Å². The molecular formula is C25H27ClIN7O2. The highest BCUT2D eigenvalue weighted by atomic mass is 127. The predicted octanol–water partition coefficient (Wildman–Crippen LogP) is 3.00. The van der Waals surface area contributed by atoms with E-state index in [0.717, 1.165) is 22.2 Å². The fourth-order valence-corrected chi connectivity index (χ4v) is 4.41. The van der Waals surface area contributed by atoms with Crippen molar-refractivity contribution in [3.63, 3.8) is 0 Å². The fourth-order valence-electron chi connectivity index (χ4n) is 3.85. The summed E-state index contributed by atoms with van der Waals surface area (Å²) in [6, 6.07) is 18.1. The number of amides is 2. The van der Waals surface area contributed by atoms with E-state index in [1.807, 2.05) is 42.5 Å². The number of aromatic nitrogens is 2. The maximum absolute atomic E-state index is 12.6. The third-order valence-corrected chi connectivity index (χ3v) is 6.77. The summed E-state index contributed by atoms with van der Waals surface area (Å²) in [7, 11) is 0. The number of piperazine rings is 1. The van der Waals surface area contributed by atoms with Gasteiger partial charge < -0.3 is 21.3 Å². The Morgan fingerprint density at radius 3 is 2.53 bits per heavy atom. The van der Waals surface area contributed by atoms with Crippen LogP contribution in [0.4, 0.5) is 11.6 Å².